The number of H-pyrrole nitrogens is 1. The first-order chi connectivity index (χ1) is 14.2. The summed E-state index contributed by atoms with van der Waals surface area (Å²) in [6, 6.07) is 11.7. The second-order valence-electron chi connectivity index (χ2n) is 5.81. The van der Waals surface area contributed by atoms with Crippen LogP contribution in [0.1, 0.15) is 5.89 Å². The molecule has 0 amide bonds. The number of ether oxygens (including phenoxy) is 2. The van der Waals surface area contributed by atoms with E-state index in [4.69, 9.17) is 14.0 Å². The van der Waals surface area contributed by atoms with Gasteiger partial charge in [0.1, 0.15) is 17.3 Å². The van der Waals surface area contributed by atoms with Gasteiger partial charge < -0.3 is 14.0 Å². The highest BCUT2D eigenvalue weighted by Gasteiger charge is 2.16. The van der Waals surface area contributed by atoms with Crippen LogP contribution in [0.5, 0.6) is 11.5 Å². The average Bonchev–Trinajstić information content (AvgIpc) is 3.41. The Bertz CT molecular complexity index is 1130. The molecule has 0 aliphatic carbocycles. The summed E-state index contributed by atoms with van der Waals surface area (Å²) in [4.78, 5) is 8.69. The van der Waals surface area contributed by atoms with Gasteiger partial charge in [-0.15, -0.1) is 5.10 Å². The smallest absolute Gasteiger partial charge is 0.237 e. The van der Waals surface area contributed by atoms with Gasteiger partial charge in [-0.3, -0.25) is 5.10 Å². The van der Waals surface area contributed by atoms with Crippen LogP contribution in [0.2, 0.25) is 0 Å². The molecule has 0 bridgehead atoms. The third-order valence-electron chi connectivity index (χ3n) is 4.04. The number of methoxy groups -OCH3 is 2. The molecule has 0 atom stereocenters. The molecule has 2 aromatic heterocycles. The summed E-state index contributed by atoms with van der Waals surface area (Å²) in [7, 11) is 3.14. The molecule has 10 heteroatoms. The summed E-state index contributed by atoms with van der Waals surface area (Å²) in [5.41, 5.74) is 1.05. The summed E-state index contributed by atoms with van der Waals surface area (Å²) in [6.07, 6.45) is 0. The normalized spacial score (nSPS) is 10.9. The number of rotatable bonds is 7. The van der Waals surface area contributed by atoms with E-state index >= 15 is 0 Å². The lowest BCUT2D eigenvalue weighted by atomic mass is 10.2. The van der Waals surface area contributed by atoms with Crippen molar-refractivity contribution in [2.45, 2.75) is 10.9 Å². The van der Waals surface area contributed by atoms with Gasteiger partial charge in [-0.1, -0.05) is 29.1 Å². The van der Waals surface area contributed by atoms with Crippen LogP contribution in [0, 0.1) is 5.82 Å². The predicted molar refractivity (Wildman–Crippen MR) is 104 cm³/mol. The van der Waals surface area contributed by atoms with Crippen molar-refractivity contribution < 1.29 is 18.4 Å². The van der Waals surface area contributed by atoms with Crippen LogP contribution in [0.15, 0.2) is 52.1 Å². The van der Waals surface area contributed by atoms with E-state index in [9.17, 15) is 4.39 Å². The lowest BCUT2D eigenvalue weighted by molar-refractivity contribution is 0.388. The molecule has 0 fully saturated rings. The number of halogens is 1. The number of nitrogens with zero attached hydrogens (tertiary/aromatic N) is 4. The molecule has 1 N–H and O–H groups in total. The minimum absolute atomic E-state index is 0.360. The fourth-order valence-electron chi connectivity index (χ4n) is 2.62. The van der Waals surface area contributed by atoms with Gasteiger partial charge in [-0.25, -0.2) is 9.37 Å². The molecule has 0 saturated carbocycles. The average molecular weight is 413 g/mol. The van der Waals surface area contributed by atoms with Crippen molar-refractivity contribution >= 4 is 11.8 Å². The minimum Gasteiger partial charge on any atom is -0.497 e. The Morgan fingerprint density at radius 2 is 1.93 bits per heavy atom. The highest BCUT2D eigenvalue weighted by Crippen LogP contribution is 2.32. The molecule has 2 aromatic carbocycles. The number of nitrogens with one attached hydrogen (secondary N) is 1. The van der Waals surface area contributed by atoms with Gasteiger partial charge in [-0.05, 0) is 24.3 Å². The van der Waals surface area contributed by atoms with Crippen molar-refractivity contribution in [2.24, 2.45) is 0 Å². The van der Waals surface area contributed by atoms with Crippen molar-refractivity contribution in [3.8, 4) is 34.3 Å². The zero-order valence-electron chi connectivity index (χ0n) is 15.5. The van der Waals surface area contributed by atoms with Crippen molar-refractivity contribution in [1.82, 2.24) is 25.3 Å². The maximum absolute atomic E-state index is 13.9. The van der Waals surface area contributed by atoms with Crippen molar-refractivity contribution in [3.05, 3.63) is 54.2 Å². The number of thioether (sulfide) groups is 1. The van der Waals surface area contributed by atoms with Crippen molar-refractivity contribution in [3.63, 3.8) is 0 Å². The fourth-order valence-corrected chi connectivity index (χ4v) is 3.25. The topological polar surface area (TPSA) is 99.0 Å². The van der Waals surface area contributed by atoms with Gasteiger partial charge in [0.05, 0.1) is 31.1 Å². The van der Waals surface area contributed by atoms with Gasteiger partial charge in [-0.2, -0.15) is 4.98 Å². The summed E-state index contributed by atoms with van der Waals surface area (Å²) < 4.78 is 29.7. The summed E-state index contributed by atoms with van der Waals surface area (Å²) >= 11 is 1.30. The van der Waals surface area contributed by atoms with Gasteiger partial charge in [0, 0.05) is 6.07 Å². The molecule has 0 aliphatic heterocycles. The predicted octanol–water partition coefficient (Wildman–Crippen LogP) is 3.97. The van der Waals surface area contributed by atoms with Gasteiger partial charge >= 0.3 is 0 Å². The Hall–Kier alpha value is -3.40. The van der Waals surface area contributed by atoms with Crippen LogP contribution in [0.4, 0.5) is 4.39 Å². The SMILES string of the molecule is COc1ccc(-c2noc(CSc3n[nH]c(-c4ccccc4F)n3)n2)c(OC)c1. The van der Waals surface area contributed by atoms with Gasteiger partial charge in [0.2, 0.25) is 16.9 Å². The minimum atomic E-state index is -0.366. The van der Waals surface area contributed by atoms with Gasteiger partial charge in [0.25, 0.3) is 0 Å². The van der Waals surface area contributed by atoms with E-state index in [-0.39, 0.29) is 5.82 Å². The van der Waals surface area contributed by atoms with Gasteiger partial charge in [0.15, 0.2) is 5.82 Å². The molecule has 0 unspecified atom stereocenters. The first kappa shape index (κ1) is 18.9. The van der Waals surface area contributed by atoms with Crippen LogP contribution >= 0.6 is 11.8 Å². The summed E-state index contributed by atoms with van der Waals surface area (Å²) in [6.45, 7) is 0. The highest BCUT2D eigenvalue weighted by atomic mass is 32.2. The van der Waals surface area contributed by atoms with Crippen molar-refractivity contribution in [2.75, 3.05) is 14.2 Å². The fraction of sp³-hybridized carbons (Fsp3) is 0.158. The van der Waals surface area contributed by atoms with Crippen LogP contribution in [-0.4, -0.2) is 39.5 Å². The quantitative estimate of drug-likeness (QED) is 0.455. The number of aromatic nitrogens is 5. The molecular weight excluding hydrogens is 397 g/mol. The third-order valence-corrected chi connectivity index (χ3v) is 4.87. The van der Waals surface area contributed by atoms with E-state index < -0.39 is 0 Å². The first-order valence-corrected chi connectivity index (χ1v) is 9.51. The lowest BCUT2D eigenvalue weighted by Gasteiger charge is -2.07. The van der Waals surface area contributed by atoms with E-state index in [0.29, 0.717) is 51.1 Å². The largest absolute Gasteiger partial charge is 0.497 e. The summed E-state index contributed by atoms with van der Waals surface area (Å²) in [5.74, 6) is 2.41. The molecule has 0 spiro atoms. The van der Waals surface area contributed by atoms with Crippen LogP contribution in [0.3, 0.4) is 0 Å². The second-order valence-corrected chi connectivity index (χ2v) is 6.76. The maximum atomic E-state index is 13.9. The standard InChI is InChI=1S/C19H16FN5O3S/c1-26-11-7-8-13(15(9-11)27-2)18-21-16(28-25-18)10-29-19-22-17(23-24-19)12-5-3-4-6-14(12)20/h3-9H,10H2,1-2H3,(H,22,23,24). The number of hydrogen-bond acceptors (Lipinski definition) is 8. The molecule has 0 saturated heterocycles. The zero-order valence-corrected chi connectivity index (χ0v) is 16.4. The Morgan fingerprint density at radius 3 is 2.72 bits per heavy atom. The number of aromatic amines is 1. The van der Waals surface area contributed by atoms with Crippen LogP contribution < -0.4 is 9.47 Å². The molecule has 0 radical (unpaired) electrons. The summed E-state index contributed by atoms with van der Waals surface area (Å²) in [5, 5.41) is 11.3. The molecule has 4 rings (SSSR count). The van der Waals surface area contributed by atoms with E-state index in [1.165, 1.54) is 17.8 Å². The zero-order chi connectivity index (χ0) is 20.2. The molecule has 148 valence electrons. The Morgan fingerprint density at radius 1 is 1.07 bits per heavy atom. The second kappa shape index (κ2) is 8.31. The van der Waals surface area contributed by atoms with E-state index in [1.807, 2.05) is 0 Å². The molecule has 2 heterocycles. The monoisotopic (exact) mass is 413 g/mol. The number of benzene rings is 2. The molecule has 29 heavy (non-hydrogen) atoms. The Balaban J connectivity index is 1.46. The van der Waals surface area contributed by atoms with E-state index in [0.717, 1.165) is 0 Å². The van der Waals surface area contributed by atoms with Crippen molar-refractivity contribution in [1.29, 1.82) is 0 Å². The molecular formula is C19H16FN5O3S. The van der Waals surface area contributed by atoms with E-state index in [1.54, 1.807) is 50.6 Å². The lowest BCUT2D eigenvalue weighted by Crippen LogP contribution is -1.91. The molecule has 8 nitrogen and oxygen atoms in total. The highest BCUT2D eigenvalue weighted by molar-refractivity contribution is 7.98. The Kier molecular flexibility index (Phi) is 5.43. The molecule has 4 aromatic rings. The third kappa shape index (κ3) is 4.06. The number of hydrogen-bond donors (Lipinski definition) is 1. The maximum Gasteiger partial charge on any atom is 0.237 e. The van der Waals surface area contributed by atoms with Crippen LogP contribution in [0.25, 0.3) is 22.8 Å². The van der Waals surface area contributed by atoms with E-state index in [2.05, 4.69) is 25.3 Å². The Labute approximate surface area is 169 Å². The van der Waals surface area contributed by atoms with Crippen LogP contribution in [-0.2, 0) is 5.75 Å². The molecule has 0 aliphatic rings. The first-order valence-electron chi connectivity index (χ1n) is 8.53.